The maximum atomic E-state index is 13.5. The summed E-state index contributed by atoms with van der Waals surface area (Å²) < 4.78 is 16.1. The van der Waals surface area contributed by atoms with Crippen molar-refractivity contribution in [3.63, 3.8) is 0 Å². The molecule has 5 aromatic rings. The Morgan fingerprint density at radius 3 is 1.63 bits per heavy atom. The lowest BCUT2D eigenvalue weighted by Gasteiger charge is -2.09. The number of nitrogens with one attached hydrogen (secondary N) is 3. The fourth-order valence-corrected chi connectivity index (χ4v) is 5.85. The maximum Gasteiger partial charge on any atom is 0.248 e. The molecule has 0 bridgehead atoms. The Morgan fingerprint density at radius 1 is 0.551 bits per heavy atom. The number of carbonyl (C=O) groups is 2. The highest BCUT2D eigenvalue weighted by Gasteiger charge is 2.20. The number of hydrogen-bond donors (Lipinski definition) is 3. The van der Waals surface area contributed by atoms with Gasteiger partial charge in [0.25, 0.3) is 0 Å². The first-order chi connectivity index (χ1) is 23.9. The number of aromatic nitrogens is 2. The average Bonchev–Trinajstić information content (AvgIpc) is 3.98. The minimum absolute atomic E-state index is 0.130. The van der Waals surface area contributed by atoms with Gasteiger partial charge >= 0.3 is 0 Å². The van der Waals surface area contributed by atoms with Crippen LogP contribution in [0.5, 0.6) is 17.2 Å². The Hall–Kier alpha value is -6.61. The molecule has 0 saturated carbocycles. The first kappa shape index (κ1) is 31.0. The first-order valence-electron chi connectivity index (χ1n) is 15.5. The molecule has 0 fully saturated rings. The third-order valence-corrected chi connectivity index (χ3v) is 8.37. The summed E-state index contributed by atoms with van der Waals surface area (Å²) in [7, 11) is 4.86. The number of methoxy groups -OCH3 is 3. The predicted molar refractivity (Wildman–Crippen MR) is 188 cm³/mol. The minimum atomic E-state index is -0.173. The van der Waals surface area contributed by atoms with E-state index in [4.69, 9.17) is 19.2 Å². The van der Waals surface area contributed by atoms with Gasteiger partial charge < -0.3 is 29.5 Å². The normalized spacial score (nSPS) is 16.3. The van der Waals surface area contributed by atoms with Crippen LogP contribution in [0.1, 0.15) is 32.9 Å². The summed E-state index contributed by atoms with van der Waals surface area (Å²) >= 11 is 0. The number of aliphatic imine (C=N–C) groups is 1. The molecular formula is C40H32N4O5. The molecule has 2 aliphatic heterocycles. The number of ketones is 1. The monoisotopic (exact) mass is 648 g/mol. The van der Waals surface area contributed by atoms with Gasteiger partial charge in [-0.3, -0.25) is 9.59 Å². The molecule has 3 N–H and O–H groups in total. The number of amides is 1. The number of ether oxygens (including phenoxy) is 3. The van der Waals surface area contributed by atoms with Gasteiger partial charge in [0.2, 0.25) is 11.7 Å². The summed E-state index contributed by atoms with van der Waals surface area (Å²) in [6, 6.07) is 30.4. The maximum absolute atomic E-state index is 13.5. The summed E-state index contributed by atoms with van der Waals surface area (Å²) in [5.41, 5.74) is 7.39. The predicted octanol–water partition coefficient (Wildman–Crippen LogP) is 4.95. The molecular weight excluding hydrogens is 616 g/mol. The standard InChI is InChI=1S/C40H32N4O5/c1-47-27-10-4-24(5-11-27)38(32-17-16-30(41-32)31-22-23-37(45)44-31)33-18-19-34(42-33)39(25-6-12-28(48-2)13-7-25)35-20-21-36(43-35)40(46)26-8-14-29(49-3)15-9-26/h4-23,42-43H,1-3H3,(H,44,45)/b31-30-,38-33-,39-34-. The second-order valence-corrected chi connectivity index (χ2v) is 11.3. The molecule has 0 spiro atoms. The smallest absolute Gasteiger partial charge is 0.248 e. The Bertz CT molecular complexity index is 2320. The first-order valence-corrected chi connectivity index (χ1v) is 15.5. The third-order valence-electron chi connectivity index (χ3n) is 8.37. The summed E-state index contributed by atoms with van der Waals surface area (Å²) in [6.07, 6.45) is 7.05. The molecule has 4 heterocycles. The lowest BCUT2D eigenvalue weighted by atomic mass is 10.0. The van der Waals surface area contributed by atoms with E-state index in [1.165, 1.54) is 6.08 Å². The second kappa shape index (κ2) is 13.2. The third kappa shape index (κ3) is 6.25. The highest BCUT2D eigenvalue weighted by atomic mass is 16.5. The van der Waals surface area contributed by atoms with E-state index >= 15 is 0 Å². The summed E-state index contributed by atoms with van der Waals surface area (Å²) in [5.74, 6) is 1.85. The SMILES string of the molecule is COc1ccc(C(=O)c2ccc(/C(c3ccc(OC)cc3)=c3/cc/c(=C(C4=N/C(=C5/C=CC(=O)N5)C=C4)\c4ccc(OC)cc4)[nH]3)[nH]2)cc1. The summed E-state index contributed by atoms with van der Waals surface area (Å²) in [5, 5.41) is 4.48. The van der Waals surface area contributed by atoms with Gasteiger partial charge in [0, 0.05) is 39.2 Å². The highest BCUT2D eigenvalue weighted by Crippen LogP contribution is 2.26. The number of hydrogen-bond acceptors (Lipinski definition) is 6. The number of rotatable bonds is 9. The highest BCUT2D eigenvalue weighted by molar-refractivity contribution is 6.30. The molecule has 2 aliphatic rings. The zero-order valence-corrected chi connectivity index (χ0v) is 27.0. The van der Waals surface area contributed by atoms with Gasteiger partial charge in [-0.15, -0.1) is 0 Å². The topological polar surface area (TPSA) is 118 Å². The molecule has 0 saturated heterocycles. The van der Waals surface area contributed by atoms with Crippen LogP contribution < -0.4 is 30.2 Å². The van der Waals surface area contributed by atoms with Crippen LogP contribution in [-0.4, -0.2) is 48.7 Å². The molecule has 7 rings (SSSR count). The van der Waals surface area contributed by atoms with Gasteiger partial charge in [-0.2, -0.15) is 0 Å². The molecule has 1 amide bonds. The Labute approximate surface area is 282 Å². The van der Waals surface area contributed by atoms with Gasteiger partial charge in [0.05, 0.1) is 44.1 Å². The Balaban J connectivity index is 1.40. The van der Waals surface area contributed by atoms with E-state index in [9.17, 15) is 9.59 Å². The van der Waals surface area contributed by atoms with E-state index in [-0.39, 0.29) is 11.7 Å². The summed E-state index contributed by atoms with van der Waals surface area (Å²) in [6.45, 7) is 0. The second-order valence-electron chi connectivity index (χ2n) is 11.3. The molecule has 3 aromatic carbocycles. The van der Waals surface area contributed by atoms with Crippen LogP contribution in [0, 0.1) is 0 Å². The quantitative estimate of drug-likeness (QED) is 0.196. The van der Waals surface area contributed by atoms with Crippen LogP contribution in [0.4, 0.5) is 0 Å². The lowest BCUT2D eigenvalue weighted by Crippen LogP contribution is -2.19. The van der Waals surface area contributed by atoms with Crippen molar-refractivity contribution in [2.75, 3.05) is 21.3 Å². The number of benzene rings is 3. The fraction of sp³-hybridized carbons (Fsp3) is 0.0750. The number of nitrogens with zero attached hydrogens (tertiary/aromatic N) is 1. The van der Waals surface area contributed by atoms with Crippen molar-refractivity contribution in [1.82, 2.24) is 15.3 Å². The van der Waals surface area contributed by atoms with Crippen molar-refractivity contribution >= 4 is 28.5 Å². The van der Waals surface area contributed by atoms with Crippen LogP contribution in [-0.2, 0) is 4.79 Å². The lowest BCUT2D eigenvalue weighted by molar-refractivity contribution is -0.115. The van der Waals surface area contributed by atoms with Crippen LogP contribution in [0.15, 0.2) is 138 Å². The zero-order chi connectivity index (χ0) is 33.9. The fourth-order valence-electron chi connectivity index (χ4n) is 5.85. The van der Waals surface area contributed by atoms with Crippen molar-refractivity contribution in [2.24, 2.45) is 4.99 Å². The van der Waals surface area contributed by atoms with Gasteiger partial charge in [0.1, 0.15) is 17.2 Å². The molecule has 49 heavy (non-hydrogen) atoms. The molecule has 0 unspecified atom stereocenters. The van der Waals surface area contributed by atoms with E-state index in [1.54, 1.807) is 57.7 Å². The molecule has 9 heteroatoms. The van der Waals surface area contributed by atoms with E-state index in [1.807, 2.05) is 78.9 Å². The Kier molecular flexibility index (Phi) is 8.39. The number of aromatic amines is 2. The van der Waals surface area contributed by atoms with Crippen LogP contribution in [0.25, 0.3) is 11.1 Å². The van der Waals surface area contributed by atoms with E-state index in [0.717, 1.165) is 55.9 Å². The van der Waals surface area contributed by atoms with E-state index < -0.39 is 0 Å². The molecule has 9 nitrogen and oxygen atoms in total. The van der Waals surface area contributed by atoms with E-state index in [0.29, 0.717) is 28.4 Å². The van der Waals surface area contributed by atoms with Crippen molar-refractivity contribution in [3.05, 3.63) is 172 Å². The van der Waals surface area contributed by atoms with Gasteiger partial charge in [-0.05, 0) is 102 Å². The number of carbonyl (C=O) groups excluding carboxylic acids is 2. The van der Waals surface area contributed by atoms with Gasteiger partial charge in [-0.1, -0.05) is 24.3 Å². The Morgan fingerprint density at radius 2 is 1.08 bits per heavy atom. The van der Waals surface area contributed by atoms with Crippen LogP contribution >= 0.6 is 0 Å². The molecule has 242 valence electrons. The number of allylic oxidation sites excluding steroid dienone is 3. The number of H-pyrrole nitrogens is 2. The van der Waals surface area contributed by atoms with Crippen molar-refractivity contribution < 1.29 is 23.8 Å². The largest absolute Gasteiger partial charge is 0.497 e. The van der Waals surface area contributed by atoms with Crippen molar-refractivity contribution in [1.29, 1.82) is 0 Å². The van der Waals surface area contributed by atoms with Crippen molar-refractivity contribution in [2.45, 2.75) is 0 Å². The van der Waals surface area contributed by atoms with Crippen LogP contribution in [0.2, 0.25) is 0 Å². The van der Waals surface area contributed by atoms with Gasteiger partial charge in [-0.25, -0.2) is 4.99 Å². The van der Waals surface area contributed by atoms with Gasteiger partial charge in [0.15, 0.2) is 0 Å². The molecule has 0 aliphatic carbocycles. The zero-order valence-electron chi connectivity index (χ0n) is 27.0. The molecule has 0 atom stereocenters. The summed E-state index contributed by atoms with van der Waals surface area (Å²) in [4.78, 5) is 37.2. The molecule has 0 radical (unpaired) electrons. The average molecular weight is 649 g/mol. The molecule has 2 aromatic heterocycles. The van der Waals surface area contributed by atoms with E-state index in [2.05, 4.69) is 15.3 Å². The van der Waals surface area contributed by atoms with Crippen LogP contribution in [0.3, 0.4) is 0 Å². The van der Waals surface area contributed by atoms with Crippen molar-refractivity contribution in [3.8, 4) is 17.2 Å². The minimum Gasteiger partial charge on any atom is -0.497 e.